The Bertz CT molecular complexity index is 3320. The van der Waals surface area contributed by atoms with E-state index < -0.39 is 11.9 Å². The Kier molecular flexibility index (Phi) is 11.5. The summed E-state index contributed by atoms with van der Waals surface area (Å²) >= 11 is 0. The smallest absolute Gasteiger partial charge is 0.340 e. The first-order chi connectivity index (χ1) is 32.5. The summed E-state index contributed by atoms with van der Waals surface area (Å²) in [6, 6.07) is 30.9. The van der Waals surface area contributed by atoms with Crippen molar-refractivity contribution in [2.24, 2.45) is 0 Å². The van der Waals surface area contributed by atoms with Crippen LogP contribution in [0.25, 0.3) is 31.8 Å². The van der Waals surface area contributed by atoms with Crippen LogP contribution in [0.1, 0.15) is 103 Å². The molecule has 16 nitrogen and oxygen atoms in total. The molecule has 330 valence electrons. The van der Waals surface area contributed by atoms with E-state index in [0.717, 1.165) is 66.8 Å². The number of hydrogen-bond acceptors (Lipinski definition) is 9. The third kappa shape index (κ3) is 8.19. The van der Waals surface area contributed by atoms with Gasteiger partial charge in [0.05, 0.1) is 53.2 Å². The molecule has 8 aromatic rings. The van der Waals surface area contributed by atoms with Crippen molar-refractivity contribution in [3.8, 4) is 0 Å². The Hall–Kier alpha value is -9.02. The number of rotatable bonds is 10. The van der Waals surface area contributed by atoms with Gasteiger partial charge in [-0.25, -0.2) is 39.2 Å². The summed E-state index contributed by atoms with van der Waals surface area (Å²) in [5, 5.41) is 15.0. The number of fused-ring (bicyclic) bond motifs is 2. The topological polar surface area (TPSA) is 214 Å². The zero-order chi connectivity index (χ0) is 46.7. The van der Waals surface area contributed by atoms with Gasteiger partial charge in [0.2, 0.25) is 0 Å². The fourth-order valence-corrected chi connectivity index (χ4v) is 8.66. The molecule has 2 aliphatic rings. The van der Waals surface area contributed by atoms with Crippen LogP contribution in [0.4, 0.5) is 23.0 Å². The van der Waals surface area contributed by atoms with Gasteiger partial charge in [-0.3, -0.25) is 9.59 Å². The normalized spacial score (nSPS) is 14.2. The van der Waals surface area contributed by atoms with Crippen LogP contribution in [0, 0.1) is 13.1 Å². The number of H-pyrrole nitrogens is 2. The molecule has 0 spiro atoms. The van der Waals surface area contributed by atoms with Gasteiger partial charge in [0.15, 0.2) is 11.4 Å². The van der Waals surface area contributed by atoms with Crippen molar-refractivity contribution in [2.45, 2.75) is 49.4 Å². The number of aromatic carboxylic acids is 1. The molecule has 2 aliphatic carbocycles. The minimum atomic E-state index is -1.01. The molecule has 2 saturated carbocycles. The van der Waals surface area contributed by atoms with Crippen LogP contribution in [-0.2, 0) is 15.6 Å². The van der Waals surface area contributed by atoms with Crippen LogP contribution < -0.4 is 10.6 Å². The van der Waals surface area contributed by atoms with Crippen molar-refractivity contribution in [1.82, 2.24) is 29.9 Å². The number of anilines is 2. The number of carboxylic acid groups (broad SMARTS) is 1. The summed E-state index contributed by atoms with van der Waals surface area (Å²) in [6.45, 7) is 14.2. The average Bonchev–Trinajstić information content (AvgIpc) is 3.97. The number of pyridine rings is 2. The molecular weight excluding hydrogens is 849 g/mol. The number of carbonyl (C=O) groups is 4. The van der Waals surface area contributed by atoms with Gasteiger partial charge in [0.25, 0.3) is 11.8 Å². The van der Waals surface area contributed by atoms with Gasteiger partial charge < -0.3 is 30.4 Å². The number of nitrogens with one attached hydrogen (secondary N) is 4. The van der Waals surface area contributed by atoms with Gasteiger partial charge in [-0.2, -0.15) is 0 Å². The number of amides is 2. The molecule has 0 unspecified atom stereocenters. The molecule has 0 bridgehead atoms. The van der Waals surface area contributed by atoms with E-state index >= 15 is 0 Å². The molecule has 2 fully saturated rings. The predicted molar refractivity (Wildman–Crippen MR) is 250 cm³/mol. The van der Waals surface area contributed by atoms with Crippen LogP contribution in [-0.4, -0.2) is 65.9 Å². The minimum absolute atomic E-state index is 0.169. The number of carbonyl (C=O) groups excluding carboxylic acids is 3. The third-order valence-corrected chi connectivity index (χ3v) is 12.6. The van der Waals surface area contributed by atoms with Gasteiger partial charge in [0.1, 0.15) is 34.3 Å². The molecule has 0 radical (unpaired) electrons. The van der Waals surface area contributed by atoms with Crippen LogP contribution in [0.2, 0.25) is 0 Å². The molecule has 2 amide bonds. The fraction of sp³-hybridized carbons (Fsp3) is 0.176. The number of aromatic amines is 2. The highest BCUT2D eigenvalue weighted by atomic mass is 16.5. The lowest BCUT2D eigenvalue weighted by Gasteiger charge is -2.40. The quantitative estimate of drug-likeness (QED) is 0.0647. The number of aromatic nitrogens is 6. The van der Waals surface area contributed by atoms with E-state index in [9.17, 15) is 24.3 Å². The van der Waals surface area contributed by atoms with Crippen molar-refractivity contribution < 1.29 is 29.0 Å². The first-order valence-corrected chi connectivity index (χ1v) is 21.3. The monoisotopic (exact) mass is 888 g/mol. The second kappa shape index (κ2) is 17.9. The van der Waals surface area contributed by atoms with Crippen molar-refractivity contribution in [2.75, 3.05) is 17.7 Å². The SMILES string of the molecule is [C-]#[N+]c1cccc(C(=O)Nc2ccc(C3(c4nc5c(C(=O)O)cccc5[nH]4)CCC3)cn2)c1.[C-]#[N+]c1cccc(C(=O)Nc2ccc(C3(c4nc5c(C(=O)OC)cccc5[nH]4)CCC3)cn2)c1. The average molecular weight is 889 g/mol. The first kappa shape index (κ1) is 43.2. The summed E-state index contributed by atoms with van der Waals surface area (Å²) in [4.78, 5) is 80.6. The molecule has 4 heterocycles. The van der Waals surface area contributed by atoms with Crippen molar-refractivity contribution in [1.29, 1.82) is 0 Å². The molecule has 10 rings (SSSR count). The maximum Gasteiger partial charge on any atom is 0.340 e. The van der Waals surface area contributed by atoms with Gasteiger partial charge in [-0.05, 0) is 85.3 Å². The standard InChI is InChI=1S/C26H21N5O3.C25H19N5O3/c1-27-18-7-3-6-16(14-18)23(32)30-21-11-10-17(15-28-21)26(12-5-13-26)25-29-20-9-4-8-19(22(20)31-25)24(33)34-2;1-26-17-6-2-5-15(13-17)22(31)29-20-10-9-16(14-27-20)25(11-4-12-25)24-28-19-8-3-7-18(23(32)33)21(19)30-24/h3-4,6-11,14-15H,5,12-13H2,2H3,(H,29,31)(H,28,30,32);2-3,5-10,13-14H,4,11-12H2,(H,28,30)(H,32,33)(H,27,29,31). The van der Waals surface area contributed by atoms with Gasteiger partial charge in [0, 0.05) is 23.5 Å². The maximum absolute atomic E-state index is 12.6. The van der Waals surface area contributed by atoms with E-state index in [1.165, 1.54) is 13.2 Å². The van der Waals surface area contributed by atoms with E-state index in [1.807, 2.05) is 24.3 Å². The second-order valence-electron chi connectivity index (χ2n) is 16.3. The van der Waals surface area contributed by atoms with Gasteiger partial charge >= 0.3 is 11.9 Å². The van der Waals surface area contributed by atoms with Gasteiger partial charge in [-0.15, -0.1) is 0 Å². The van der Waals surface area contributed by atoms with E-state index in [1.54, 1.807) is 91.3 Å². The van der Waals surface area contributed by atoms with Gasteiger partial charge in [-0.1, -0.05) is 73.5 Å². The summed E-state index contributed by atoms with van der Waals surface area (Å²) in [5.41, 5.74) is 5.96. The Morgan fingerprint density at radius 3 is 1.46 bits per heavy atom. The number of ether oxygens (including phenoxy) is 1. The number of esters is 1. The van der Waals surface area contributed by atoms with Crippen molar-refractivity contribution in [3.63, 3.8) is 0 Å². The first-order valence-electron chi connectivity index (χ1n) is 21.3. The number of nitrogens with zero attached hydrogens (tertiary/aromatic N) is 6. The van der Waals surface area contributed by atoms with Crippen LogP contribution >= 0.6 is 0 Å². The zero-order valence-electron chi connectivity index (χ0n) is 36.0. The highest BCUT2D eigenvalue weighted by molar-refractivity contribution is 6.05. The molecule has 5 N–H and O–H groups in total. The molecule has 4 aromatic carbocycles. The molecule has 67 heavy (non-hydrogen) atoms. The number of benzene rings is 4. The molecule has 0 aliphatic heterocycles. The number of carboxylic acids is 1. The lowest BCUT2D eigenvalue weighted by atomic mass is 9.64. The van der Waals surface area contributed by atoms with Crippen LogP contribution in [0.15, 0.2) is 122 Å². The molecule has 0 saturated heterocycles. The summed E-state index contributed by atoms with van der Waals surface area (Å²) in [6.07, 6.45) is 9.11. The number of methoxy groups -OCH3 is 1. The van der Waals surface area contributed by atoms with E-state index in [-0.39, 0.29) is 28.2 Å². The van der Waals surface area contributed by atoms with Crippen molar-refractivity contribution >= 4 is 68.8 Å². The van der Waals surface area contributed by atoms with E-state index in [2.05, 4.69) is 45.2 Å². The molecular formula is C51H40N10O6. The molecule has 0 atom stereocenters. The van der Waals surface area contributed by atoms with E-state index in [0.29, 0.717) is 56.3 Å². The summed E-state index contributed by atoms with van der Waals surface area (Å²) in [7, 11) is 1.36. The Balaban J connectivity index is 0.000000168. The highest BCUT2D eigenvalue weighted by Gasteiger charge is 2.45. The van der Waals surface area contributed by atoms with Crippen LogP contribution in [0.5, 0.6) is 0 Å². The zero-order valence-corrected chi connectivity index (χ0v) is 36.0. The fourth-order valence-electron chi connectivity index (χ4n) is 8.66. The highest BCUT2D eigenvalue weighted by Crippen LogP contribution is 2.49. The number of hydrogen-bond donors (Lipinski definition) is 5. The summed E-state index contributed by atoms with van der Waals surface area (Å²) < 4.78 is 4.90. The van der Waals surface area contributed by atoms with E-state index in [4.69, 9.17) is 22.9 Å². The molecule has 16 heteroatoms. The number of imidazole rings is 2. The minimum Gasteiger partial charge on any atom is -0.478 e. The largest absolute Gasteiger partial charge is 0.478 e. The van der Waals surface area contributed by atoms with Crippen molar-refractivity contribution in [3.05, 3.63) is 189 Å². The Morgan fingerprint density at radius 2 is 1.07 bits per heavy atom. The Morgan fingerprint density at radius 1 is 0.627 bits per heavy atom. The third-order valence-electron chi connectivity index (χ3n) is 12.6. The lowest BCUT2D eigenvalue weighted by Crippen LogP contribution is -2.36. The number of para-hydroxylation sites is 2. The second-order valence-corrected chi connectivity index (χ2v) is 16.3. The lowest BCUT2D eigenvalue weighted by molar-refractivity contribution is 0.0601. The summed E-state index contributed by atoms with van der Waals surface area (Å²) in [5.74, 6) is 0.263. The maximum atomic E-state index is 12.6. The van der Waals surface area contributed by atoms with Crippen LogP contribution in [0.3, 0.4) is 0 Å². The predicted octanol–water partition coefficient (Wildman–Crippen LogP) is 9.95. The molecule has 4 aromatic heterocycles. The Labute approximate surface area is 383 Å².